The normalized spacial score (nSPS) is 42.7. The predicted molar refractivity (Wildman–Crippen MR) is 77.9 cm³/mol. The van der Waals surface area contributed by atoms with E-state index in [1.54, 1.807) is 0 Å². The van der Waals surface area contributed by atoms with Gasteiger partial charge in [0, 0.05) is 17.1 Å². The summed E-state index contributed by atoms with van der Waals surface area (Å²) in [4.78, 5) is 0. The van der Waals surface area contributed by atoms with E-state index >= 15 is 0 Å². The van der Waals surface area contributed by atoms with Crippen LogP contribution in [-0.2, 0) is 4.57 Å². The van der Waals surface area contributed by atoms with E-state index in [4.69, 9.17) is 0 Å². The molecule has 2 aliphatic rings. The average Bonchev–Trinajstić information content (AvgIpc) is 2.81. The first-order valence-electron chi connectivity index (χ1n) is 7.18. The van der Waals surface area contributed by atoms with Crippen LogP contribution in [0.15, 0.2) is 30.3 Å². The summed E-state index contributed by atoms with van der Waals surface area (Å²) >= 11 is 0. The zero-order valence-electron chi connectivity index (χ0n) is 11.5. The SMILES string of the molecule is CC(C)[C@H]1C[C@@H]2[C@H](C)[C@H]1C[P@@]2(=O)c1ccccc1. The summed E-state index contributed by atoms with van der Waals surface area (Å²) in [7, 11) is -2.12. The van der Waals surface area contributed by atoms with Crippen LogP contribution in [0.25, 0.3) is 0 Å². The van der Waals surface area contributed by atoms with Gasteiger partial charge in [-0.3, -0.25) is 0 Å². The fourth-order valence-corrected chi connectivity index (χ4v) is 8.72. The summed E-state index contributed by atoms with van der Waals surface area (Å²) in [5.74, 6) is 2.90. The smallest absolute Gasteiger partial charge is 0.119 e. The lowest BCUT2D eigenvalue weighted by Crippen LogP contribution is -2.24. The first kappa shape index (κ1) is 12.5. The molecule has 1 aliphatic carbocycles. The molecule has 2 fully saturated rings. The fraction of sp³-hybridized carbons (Fsp3) is 0.625. The molecule has 1 aliphatic heterocycles. The summed E-state index contributed by atoms with van der Waals surface area (Å²) in [6.07, 6.45) is 2.15. The highest BCUT2D eigenvalue weighted by molar-refractivity contribution is 7.72. The summed E-state index contributed by atoms with van der Waals surface area (Å²) in [5.41, 5.74) is 0.456. The molecule has 1 aromatic carbocycles. The van der Waals surface area contributed by atoms with Gasteiger partial charge in [0.2, 0.25) is 0 Å². The lowest BCUT2D eigenvalue weighted by molar-refractivity contribution is 0.286. The van der Waals surface area contributed by atoms with Gasteiger partial charge in [0.1, 0.15) is 7.14 Å². The molecule has 5 atom stereocenters. The molecule has 1 aromatic rings. The van der Waals surface area contributed by atoms with Gasteiger partial charge in [-0.1, -0.05) is 51.1 Å². The van der Waals surface area contributed by atoms with Crippen LogP contribution >= 0.6 is 7.14 Å². The minimum absolute atomic E-state index is 0.456. The Bertz CT molecular complexity index is 479. The summed E-state index contributed by atoms with van der Waals surface area (Å²) in [6.45, 7) is 6.98. The van der Waals surface area contributed by atoms with E-state index in [0.717, 1.165) is 23.3 Å². The van der Waals surface area contributed by atoms with E-state index in [2.05, 4.69) is 32.9 Å². The molecule has 2 bridgehead atoms. The Morgan fingerprint density at radius 2 is 1.89 bits per heavy atom. The molecule has 18 heavy (non-hydrogen) atoms. The topological polar surface area (TPSA) is 17.1 Å². The molecule has 2 heteroatoms. The Balaban J connectivity index is 1.94. The average molecular weight is 262 g/mol. The Kier molecular flexibility index (Phi) is 2.94. The van der Waals surface area contributed by atoms with Gasteiger partial charge in [0.05, 0.1) is 0 Å². The van der Waals surface area contributed by atoms with Crippen molar-refractivity contribution >= 4 is 12.4 Å². The number of hydrogen-bond acceptors (Lipinski definition) is 1. The molecule has 1 saturated heterocycles. The van der Waals surface area contributed by atoms with Crippen molar-refractivity contribution in [2.24, 2.45) is 23.7 Å². The van der Waals surface area contributed by atoms with Gasteiger partial charge in [0.25, 0.3) is 0 Å². The van der Waals surface area contributed by atoms with Gasteiger partial charge in [-0.2, -0.15) is 0 Å². The van der Waals surface area contributed by atoms with Crippen molar-refractivity contribution in [2.45, 2.75) is 32.9 Å². The van der Waals surface area contributed by atoms with Crippen LogP contribution in [0.4, 0.5) is 0 Å². The van der Waals surface area contributed by atoms with Crippen LogP contribution in [0.5, 0.6) is 0 Å². The first-order valence-corrected chi connectivity index (χ1v) is 9.14. The highest BCUT2D eigenvalue weighted by Crippen LogP contribution is 2.69. The molecule has 1 nitrogen and oxygen atoms in total. The number of benzene rings is 1. The van der Waals surface area contributed by atoms with Crippen molar-refractivity contribution in [3.63, 3.8) is 0 Å². The Labute approximate surface area is 110 Å². The van der Waals surface area contributed by atoms with Crippen LogP contribution in [0.3, 0.4) is 0 Å². The monoisotopic (exact) mass is 262 g/mol. The highest BCUT2D eigenvalue weighted by atomic mass is 31.2. The van der Waals surface area contributed by atoms with Crippen LogP contribution in [0.1, 0.15) is 27.2 Å². The Morgan fingerprint density at radius 3 is 2.39 bits per heavy atom. The second-order valence-electron chi connectivity index (χ2n) is 6.55. The molecule has 0 spiro atoms. The second kappa shape index (κ2) is 4.23. The molecule has 0 N–H and O–H groups in total. The minimum Gasteiger partial charge on any atom is -0.318 e. The summed E-state index contributed by atoms with van der Waals surface area (Å²) in [5, 5.41) is 1.13. The lowest BCUT2D eigenvalue weighted by atomic mass is 9.84. The summed E-state index contributed by atoms with van der Waals surface area (Å²) in [6, 6.07) is 10.2. The van der Waals surface area contributed by atoms with E-state index in [0.29, 0.717) is 17.5 Å². The zero-order valence-corrected chi connectivity index (χ0v) is 12.4. The molecule has 0 unspecified atom stereocenters. The van der Waals surface area contributed by atoms with E-state index in [1.807, 2.05) is 18.2 Å². The Hall–Kier alpha value is -0.550. The van der Waals surface area contributed by atoms with Crippen molar-refractivity contribution in [3.8, 4) is 0 Å². The maximum atomic E-state index is 13.4. The van der Waals surface area contributed by atoms with Gasteiger partial charge in [-0.05, 0) is 30.1 Å². The van der Waals surface area contributed by atoms with E-state index < -0.39 is 7.14 Å². The standard InChI is InChI=1S/C16H23OP/c1-11(2)14-9-16-12(3)15(14)10-18(16,17)13-7-5-4-6-8-13/h4-8,11-12,14-16H,9-10H2,1-3H3/t12-,14-,15-,16-,18-/m1/s1. The second-order valence-corrected chi connectivity index (χ2v) is 9.68. The molecule has 1 saturated carbocycles. The molecular formula is C16H23OP. The summed E-state index contributed by atoms with van der Waals surface area (Å²) < 4.78 is 13.4. The van der Waals surface area contributed by atoms with Gasteiger partial charge in [0.15, 0.2) is 0 Å². The molecule has 1 heterocycles. The third-order valence-corrected chi connectivity index (χ3v) is 9.30. The molecule has 0 amide bonds. The number of rotatable bonds is 2. The minimum atomic E-state index is -2.12. The fourth-order valence-electron chi connectivity index (χ4n) is 4.39. The van der Waals surface area contributed by atoms with Crippen molar-refractivity contribution in [2.75, 3.05) is 6.16 Å². The van der Waals surface area contributed by atoms with E-state index in [1.165, 1.54) is 6.42 Å². The molecule has 0 radical (unpaired) electrons. The van der Waals surface area contributed by atoms with E-state index in [-0.39, 0.29) is 0 Å². The predicted octanol–water partition coefficient (Wildman–Crippen LogP) is 3.99. The highest BCUT2D eigenvalue weighted by Gasteiger charge is 2.57. The largest absolute Gasteiger partial charge is 0.318 e. The number of fused-ring (bicyclic) bond motifs is 2. The van der Waals surface area contributed by atoms with Gasteiger partial charge in [-0.25, -0.2) is 0 Å². The molecular weight excluding hydrogens is 239 g/mol. The van der Waals surface area contributed by atoms with Crippen molar-refractivity contribution in [3.05, 3.63) is 30.3 Å². The van der Waals surface area contributed by atoms with Crippen LogP contribution in [-0.4, -0.2) is 11.8 Å². The van der Waals surface area contributed by atoms with Crippen LogP contribution < -0.4 is 5.30 Å². The third kappa shape index (κ3) is 1.63. The van der Waals surface area contributed by atoms with Gasteiger partial charge < -0.3 is 4.57 Å². The zero-order chi connectivity index (χ0) is 12.9. The van der Waals surface area contributed by atoms with Crippen molar-refractivity contribution < 1.29 is 4.57 Å². The third-order valence-electron chi connectivity index (χ3n) is 5.41. The molecule has 3 rings (SSSR count). The van der Waals surface area contributed by atoms with E-state index in [9.17, 15) is 4.57 Å². The first-order chi connectivity index (χ1) is 8.54. The van der Waals surface area contributed by atoms with Crippen LogP contribution in [0.2, 0.25) is 0 Å². The molecule has 0 aromatic heterocycles. The van der Waals surface area contributed by atoms with Crippen molar-refractivity contribution in [1.82, 2.24) is 0 Å². The quantitative estimate of drug-likeness (QED) is 0.737. The molecule has 98 valence electrons. The Morgan fingerprint density at radius 1 is 1.22 bits per heavy atom. The van der Waals surface area contributed by atoms with Gasteiger partial charge in [-0.15, -0.1) is 0 Å². The number of hydrogen-bond donors (Lipinski definition) is 0. The maximum absolute atomic E-state index is 13.4. The van der Waals surface area contributed by atoms with Crippen molar-refractivity contribution in [1.29, 1.82) is 0 Å². The lowest BCUT2D eigenvalue weighted by Gasteiger charge is -2.30. The maximum Gasteiger partial charge on any atom is 0.119 e. The van der Waals surface area contributed by atoms with Gasteiger partial charge >= 0.3 is 0 Å². The van der Waals surface area contributed by atoms with Crippen LogP contribution in [0, 0.1) is 23.7 Å².